The number of carbonyl (C=O) groups is 2. The van der Waals surface area contributed by atoms with Gasteiger partial charge in [0.25, 0.3) is 5.91 Å². The van der Waals surface area contributed by atoms with Crippen molar-refractivity contribution in [1.29, 1.82) is 0 Å². The average Bonchev–Trinajstić information content (AvgIpc) is 2.65. The van der Waals surface area contributed by atoms with Crippen LogP contribution in [0.5, 0.6) is 0 Å². The molecular formula is C22H21ClF3NO3. The number of aliphatic hydroxyl groups is 1. The van der Waals surface area contributed by atoms with Gasteiger partial charge >= 0.3 is 6.18 Å². The SMILES string of the molecule is Cc1cc(C)cc(C(=O)N2CCC(=O)CC2C(O)c2ccc(Cl)c(C(F)(F)F)c2)c1. The molecule has 30 heavy (non-hydrogen) atoms. The Morgan fingerprint density at radius 3 is 2.40 bits per heavy atom. The van der Waals surface area contributed by atoms with E-state index in [-0.39, 0.29) is 36.6 Å². The van der Waals surface area contributed by atoms with Crippen LogP contribution in [0, 0.1) is 13.8 Å². The van der Waals surface area contributed by atoms with E-state index in [4.69, 9.17) is 11.6 Å². The first-order valence-electron chi connectivity index (χ1n) is 9.43. The average molecular weight is 440 g/mol. The highest BCUT2D eigenvalue weighted by Crippen LogP contribution is 2.38. The molecule has 2 aromatic rings. The summed E-state index contributed by atoms with van der Waals surface area (Å²) in [5, 5.41) is 10.4. The van der Waals surface area contributed by atoms with E-state index in [9.17, 15) is 27.9 Å². The molecule has 2 aromatic carbocycles. The lowest BCUT2D eigenvalue weighted by Crippen LogP contribution is -2.49. The van der Waals surface area contributed by atoms with Crippen molar-refractivity contribution in [2.24, 2.45) is 0 Å². The molecule has 1 aliphatic rings. The van der Waals surface area contributed by atoms with Gasteiger partial charge in [-0.25, -0.2) is 0 Å². The largest absolute Gasteiger partial charge is 0.417 e. The fraction of sp³-hybridized carbons (Fsp3) is 0.364. The van der Waals surface area contributed by atoms with E-state index in [1.54, 1.807) is 12.1 Å². The second-order valence-corrected chi connectivity index (χ2v) is 8.02. The molecule has 0 aromatic heterocycles. The number of Topliss-reactive ketones (excluding diaryl/α,β-unsaturated/α-hetero) is 1. The Balaban J connectivity index is 1.96. The molecule has 0 spiro atoms. The quantitative estimate of drug-likeness (QED) is 0.741. The highest BCUT2D eigenvalue weighted by molar-refractivity contribution is 6.31. The van der Waals surface area contributed by atoms with Gasteiger partial charge in [-0.3, -0.25) is 9.59 Å². The second kappa shape index (κ2) is 8.40. The summed E-state index contributed by atoms with van der Waals surface area (Å²) in [7, 11) is 0. The van der Waals surface area contributed by atoms with E-state index < -0.39 is 28.9 Å². The Morgan fingerprint density at radius 2 is 1.80 bits per heavy atom. The van der Waals surface area contributed by atoms with Gasteiger partial charge in [0.15, 0.2) is 0 Å². The van der Waals surface area contributed by atoms with Crippen LogP contribution in [0.25, 0.3) is 0 Å². The number of alkyl halides is 3. The second-order valence-electron chi connectivity index (χ2n) is 7.62. The highest BCUT2D eigenvalue weighted by atomic mass is 35.5. The number of halogens is 4. The van der Waals surface area contributed by atoms with E-state index in [1.165, 1.54) is 11.0 Å². The Bertz CT molecular complexity index is 970. The number of hydrogen-bond donors (Lipinski definition) is 1. The number of hydrogen-bond acceptors (Lipinski definition) is 3. The molecule has 1 amide bonds. The van der Waals surface area contributed by atoms with E-state index in [2.05, 4.69) is 0 Å². The van der Waals surface area contributed by atoms with Crippen LogP contribution in [0.4, 0.5) is 13.2 Å². The van der Waals surface area contributed by atoms with E-state index in [0.29, 0.717) is 5.56 Å². The van der Waals surface area contributed by atoms with E-state index in [0.717, 1.165) is 23.3 Å². The molecule has 4 nitrogen and oxygen atoms in total. The maximum atomic E-state index is 13.2. The molecule has 1 fully saturated rings. The Kier molecular flexibility index (Phi) is 6.24. The monoisotopic (exact) mass is 439 g/mol. The molecule has 1 N–H and O–H groups in total. The number of rotatable bonds is 3. The molecule has 3 rings (SSSR count). The summed E-state index contributed by atoms with van der Waals surface area (Å²) < 4.78 is 39.6. The first-order chi connectivity index (χ1) is 14.0. The van der Waals surface area contributed by atoms with Crippen molar-refractivity contribution in [3.63, 3.8) is 0 Å². The predicted molar refractivity (Wildman–Crippen MR) is 106 cm³/mol. The summed E-state index contributed by atoms with van der Waals surface area (Å²) in [6.07, 6.45) is -6.16. The molecule has 1 saturated heterocycles. The third-order valence-electron chi connectivity index (χ3n) is 5.20. The van der Waals surface area contributed by atoms with Gasteiger partial charge in [0.05, 0.1) is 22.7 Å². The fourth-order valence-electron chi connectivity index (χ4n) is 3.82. The number of benzene rings is 2. The van der Waals surface area contributed by atoms with Crippen molar-refractivity contribution in [2.45, 2.75) is 45.0 Å². The van der Waals surface area contributed by atoms with Crippen molar-refractivity contribution in [3.8, 4) is 0 Å². The van der Waals surface area contributed by atoms with Gasteiger partial charge in [-0.15, -0.1) is 0 Å². The first kappa shape index (κ1) is 22.3. The fourth-order valence-corrected chi connectivity index (χ4v) is 4.05. The minimum absolute atomic E-state index is 0.0513. The summed E-state index contributed by atoms with van der Waals surface area (Å²) >= 11 is 5.66. The van der Waals surface area contributed by atoms with Gasteiger partial charge in [-0.2, -0.15) is 13.2 Å². The number of nitrogens with zero attached hydrogens (tertiary/aromatic N) is 1. The van der Waals surface area contributed by atoms with E-state index >= 15 is 0 Å². The lowest BCUT2D eigenvalue weighted by molar-refractivity contribution is -0.137. The lowest BCUT2D eigenvalue weighted by Gasteiger charge is -2.38. The molecule has 160 valence electrons. The lowest BCUT2D eigenvalue weighted by atomic mass is 9.90. The van der Waals surface area contributed by atoms with E-state index in [1.807, 2.05) is 19.9 Å². The Morgan fingerprint density at radius 1 is 1.17 bits per heavy atom. The predicted octanol–water partition coefficient (Wildman–Crippen LogP) is 4.88. The van der Waals surface area contributed by atoms with Crippen molar-refractivity contribution in [3.05, 3.63) is 69.2 Å². The standard InChI is InChI=1S/C22H21ClF3NO3/c1-12-7-13(2)9-15(8-12)21(30)27-6-5-16(28)11-19(27)20(29)14-3-4-18(23)17(10-14)22(24,25)26/h3-4,7-10,19-20,29H,5-6,11H2,1-2H3. The van der Waals surface area contributed by atoms with Crippen molar-refractivity contribution in [2.75, 3.05) is 6.54 Å². The zero-order chi connectivity index (χ0) is 22.2. The van der Waals surface area contributed by atoms with Gasteiger partial charge in [0, 0.05) is 24.9 Å². The smallest absolute Gasteiger partial charge is 0.386 e. The summed E-state index contributed by atoms with van der Waals surface area (Å²) in [5.74, 6) is -0.531. The van der Waals surface area contributed by atoms with Crippen LogP contribution < -0.4 is 0 Å². The van der Waals surface area contributed by atoms with Crippen molar-refractivity contribution >= 4 is 23.3 Å². The zero-order valence-corrected chi connectivity index (χ0v) is 17.2. The van der Waals surface area contributed by atoms with Gasteiger partial charge in [-0.1, -0.05) is 34.9 Å². The number of ketones is 1. The molecule has 8 heteroatoms. The molecule has 1 heterocycles. The Labute approximate surface area is 177 Å². The molecule has 2 atom stereocenters. The molecule has 1 aliphatic heterocycles. The normalized spacial score (nSPS) is 18.4. The first-order valence-corrected chi connectivity index (χ1v) is 9.81. The maximum absolute atomic E-state index is 13.2. The number of amides is 1. The van der Waals surface area contributed by atoms with Crippen LogP contribution >= 0.6 is 11.6 Å². The van der Waals surface area contributed by atoms with Crippen LogP contribution in [0.15, 0.2) is 36.4 Å². The number of piperidine rings is 1. The van der Waals surface area contributed by atoms with Gasteiger partial charge in [-0.05, 0) is 43.7 Å². The van der Waals surface area contributed by atoms with Crippen LogP contribution in [-0.2, 0) is 11.0 Å². The van der Waals surface area contributed by atoms with Crippen molar-refractivity contribution in [1.82, 2.24) is 4.90 Å². The molecule has 0 bridgehead atoms. The minimum Gasteiger partial charge on any atom is -0.386 e. The third-order valence-corrected chi connectivity index (χ3v) is 5.53. The number of aryl methyl sites for hydroxylation is 2. The molecule has 0 aliphatic carbocycles. The molecular weight excluding hydrogens is 419 g/mol. The topological polar surface area (TPSA) is 57.6 Å². The van der Waals surface area contributed by atoms with Gasteiger partial charge in [0.2, 0.25) is 0 Å². The summed E-state index contributed by atoms with van der Waals surface area (Å²) in [5.41, 5.74) is 1.05. The van der Waals surface area contributed by atoms with Crippen LogP contribution in [0.1, 0.15) is 51.6 Å². The van der Waals surface area contributed by atoms with Crippen LogP contribution in [0.2, 0.25) is 5.02 Å². The summed E-state index contributed by atoms with van der Waals surface area (Å²) in [6, 6.07) is 7.46. The number of carbonyl (C=O) groups excluding carboxylic acids is 2. The zero-order valence-electron chi connectivity index (χ0n) is 16.5. The minimum atomic E-state index is -4.69. The molecule has 2 unspecified atom stereocenters. The van der Waals surface area contributed by atoms with Crippen LogP contribution in [-0.4, -0.2) is 34.3 Å². The Hall–Kier alpha value is -2.38. The van der Waals surface area contributed by atoms with Crippen molar-refractivity contribution < 1.29 is 27.9 Å². The number of likely N-dealkylation sites (tertiary alicyclic amines) is 1. The van der Waals surface area contributed by atoms with Crippen LogP contribution in [0.3, 0.4) is 0 Å². The highest BCUT2D eigenvalue weighted by Gasteiger charge is 2.38. The molecule has 0 radical (unpaired) electrons. The maximum Gasteiger partial charge on any atom is 0.417 e. The summed E-state index contributed by atoms with van der Waals surface area (Å²) in [4.78, 5) is 26.6. The van der Waals surface area contributed by atoms with Gasteiger partial charge in [0.1, 0.15) is 5.78 Å². The number of aliphatic hydroxyl groups excluding tert-OH is 1. The summed E-state index contributed by atoms with van der Waals surface area (Å²) in [6.45, 7) is 3.79. The third kappa shape index (κ3) is 4.68. The van der Waals surface area contributed by atoms with Gasteiger partial charge < -0.3 is 10.0 Å². The molecule has 0 saturated carbocycles.